The van der Waals surface area contributed by atoms with Crippen LogP contribution in [-0.2, 0) is 4.74 Å². The van der Waals surface area contributed by atoms with E-state index in [4.69, 9.17) is 4.74 Å². The van der Waals surface area contributed by atoms with Crippen LogP contribution in [0.4, 0.5) is 0 Å². The van der Waals surface area contributed by atoms with E-state index >= 15 is 0 Å². The van der Waals surface area contributed by atoms with Gasteiger partial charge in [0, 0.05) is 19.2 Å². The van der Waals surface area contributed by atoms with Gasteiger partial charge in [0.1, 0.15) is 0 Å². The van der Waals surface area contributed by atoms with Crippen LogP contribution >= 0.6 is 0 Å². The summed E-state index contributed by atoms with van der Waals surface area (Å²) in [6.45, 7) is 11.5. The molecular weight excluding hydrogens is 138 g/mol. The van der Waals surface area contributed by atoms with Crippen LogP contribution in [0.25, 0.3) is 0 Å². The molecule has 0 aliphatic rings. The predicted octanol–water partition coefficient (Wildman–Crippen LogP) is 1.80. The molecule has 0 unspecified atom stereocenters. The number of nitrogens with one attached hydrogen (secondary N) is 1. The number of hydrogen-bond acceptors (Lipinski definition) is 2. The van der Waals surface area contributed by atoms with Gasteiger partial charge >= 0.3 is 0 Å². The molecule has 68 valence electrons. The molecular formula is C9H21NO. The zero-order chi connectivity index (χ0) is 9.12. The van der Waals surface area contributed by atoms with Crippen LogP contribution in [0, 0.1) is 0 Å². The van der Waals surface area contributed by atoms with Crippen LogP contribution in [0.1, 0.15) is 34.6 Å². The maximum atomic E-state index is 5.27. The summed E-state index contributed by atoms with van der Waals surface area (Å²) < 4.78 is 5.27. The molecule has 0 aromatic carbocycles. The zero-order valence-corrected chi connectivity index (χ0v) is 8.62. The van der Waals surface area contributed by atoms with Crippen LogP contribution in [0.2, 0.25) is 0 Å². The third-order valence-electron chi connectivity index (χ3n) is 1.60. The average Bonchev–Trinajstić information content (AvgIpc) is 1.83. The smallest absolute Gasteiger partial charge is 0.0746 e. The molecule has 0 saturated heterocycles. The Bertz CT molecular complexity index is 113. The van der Waals surface area contributed by atoms with Crippen molar-refractivity contribution in [1.29, 1.82) is 0 Å². The molecule has 1 N–H and O–H groups in total. The van der Waals surface area contributed by atoms with Gasteiger partial charge in [0.2, 0.25) is 0 Å². The Morgan fingerprint density at radius 2 is 1.55 bits per heavy atom. The summed E-state index contributed by atoms with van der Waals surface area (Å²) in [5.41, 5.74) is 0.114. The minimum atomic E-state index is -0.0622. The Morgan fingerprint density at radius 1 is 1.09 bits per heavy atom. The van der Waals surface area contributed by atoms with Crippen molar-refractivity contribution >= 4 is 0 Å². The van der Waals surface area contributed by atoms with Gasteiger partial charge in [-0.3, -0.25) is 0 Å². The van der Waals surface area contributed by atoms with Crippen molar-refractivity contribution in [3.8, 4) is 0 Å². The summed E-state index contributed by atoms with van der Waals surface area (Å²) in [4.78, 5) is 0. The summed E-state index contributed by atoms with van der Waals surface area (Å²) in [7, 11) is 1.74. The molecule has 0 bridgehead atoms. The standard InChI is InChI=1S/C9H21NO/c1-8(2,3)10-7-9(4,5)11-6/h10H,7H2,1-6H3. The molecule has 0 heterocycles. The molecule has 0 aromatic heterocycles. The Kier molecular flexibility index (Phi) is 3.52. The molecule has 0 fully saturated rings. The first-order valence-electron chi connectivity index (χ1n) is 4.07. The van der Waals surface area contributed by atoms with E-state index in [1.165, 1.54) is 0 Å². The predicted molar refractivity (Wildman–Crippen MR) is 48.8 cm³/mol. The molecule has 0 aromatic rings. The Hall–Kier alpha value is -0.0800. The fourth-order valence-electron chi connectivity index (χ4n) is 0.550. The largest absolute Gasteiger partial charge is 0.377 e. The van der Waals surface area contributed by atoms with E-state index in [2.05, 4.69) is 39.9 Å². The molecule has 0 rings (SSSR count). The van der Waals surface area contributed by atoms with Crippen LogP contribution in [-0.4, -0.2) is 24.8 Å². The van der Waals surface area contributed by atoms with E-state index in [0.29, 0.717) is 0 Å². The summed E-state index contributed by atoms with van der Waals surface area (Å²) in [6, 6.07) is 0. The van der Waals surface area contributed by atoms with Crippen molar-refractivity contribution in [2.45, 2.75) is 45.8 Å². The first-order chi connectivity index (χ1) is 4.77. The van der Waals surface area contributed by atoms with Gasteiger partial charge in [0.15, 0.2) is 0 Å². The van der Waals surface area contributed by atoms with Gasteiger partial charge in [-0.15, -0.1) is 0 Å². The zero-order valence-electron chi connectivity index (χ0n) is 8.62. The van der Waals surface area contributed by atoms with Gasteiger partial charge < -0.3 is 10.1 Å². The molecule has 11 heavy (non-hydrogen) atoms. The number of rotatable bonds is 3. The van der Waals surface area contributed by atoms with E-state index in [0.717, 1.165) is 6.54 Å². The van der Waals surface area contributed by atoms with E-state index < -0.39 is 0 Å². The number of methoxy groups -OCH3 is 1. The van der Waals surface area contributed by atoms with Gasteiger partial charge in [0.25, 0.3) is 0 Å². The quantitative estimate of drug-likeness (QED) is 0.678. The molecule has 0 atom stereocenters. The highest BCUT2D eigenvalue weighted by molar-refractivity contribution is 4.78. The van der Waals surface area contributed by atoms with Crippen molar-refractivity contribution in [3.05, 3.63) is 0 Å². The lowest BCUT2D eigenvalue weighted by atomic mass is 10.1. The van der Waals surface area contributed by atoms with E-state index in [1.54, 1.807) is 7.11 Å². The summed E-state index contributed by atoms with van der Waals surface area (Å²) in [6.07, 6.45) is 0. The van der Waals surface area contributed by atoms with E-state index in [1.807, 2.05) is 0 Å². The fourth-order valence-corrected chi connectivity index (χ4v) is 0.550. The van der Waals surface area contributed by atoms with Gasteiger partial charge in [-0.25, -0.2) is 0 Å². The Balaban J connectivity index is 3.70. The highest BCUT2D eigenvalue weighted by Gasteiger charge is 2.19. The normalized spacial score (nSPS) is 13.6. The highest BCUT2D eigenvalue weighted by atomic mass is 16.5. The Labute approximate surface area is 70.3 Å². The molecule has 0 spiro atoms. The van der Waals surface area contributed by atoms with Crippen LogP contribution in [0.3, 0.4) is 0 Å². The number of hydrogen-bond donors (Lipinski definition) is 1. The van der Waals surface area contributed by atoms with Crippen LogP contribution in [0.5, 0.6) is 0 Å². The lowest BCUT2D eigenvalue weighted by Crippen LogP contribution is -2.45. The molecule has 2 heteroatoms. The molecule has 0 saturated carbocycles. The van der Waals surface area contributed by atoms with Gasteiger partial charge in [-0.1, -0.05) is 0 Å². The lowest BCUT2D eigenvalue weighted by Gasteiger charge is -2.29. The number of ether oxygens (including phenoxy) is 1. The average molecular weight is 159 g/mol. The maximum absolute atomic E-state index is 5.27. The summed E-state index contributed by atoms with van der Waals surface area (Å²) in [5, 5.41) is 3.39. The monoisotopic (exact) mass is 159 g/mol. The second-order valence-corrected chi connectivity index (χ2v) is 4.57. The fraction of sp³-hybridized carbons (Fsp3) is 1.00. The van der Waals surface area contributed by atoms with Gasteiger partial charge in [-0.05, 0) is 34.6 Å². The van der Waals surface area contributed by atoms with Crippen LogP contribution in [0.15, 0.2) is 0 Å². The van der Waals surface area contributed by atoms with Gasteiger partial charge in [-0.2, -0.15) is 0 Å². The van der Waals surface area contributed by atoms with E-state index in [9.17, 15) is 0 Å². The second kappa shape index (κ2) is 3.55. The molecule has 0 aliphatic heterocycles. The van der Waals surface area contributed by atoms with Crippen molar-refractivity contribution in [3.63, 3.8) is 0 Å². The van der Waals surface area contributed by atoms with Crippen molar-refractivity contribution in [2.24, 2.45) is 0 Å². The third-order valence-corrected chi connectivity index (χ3v) is 1.60. The summed E-state index contributed by atoms with van der Waals surface area (Å²) in [5.74, 6) is 0. The molecule has 0 amide bonds. The van der Waals surface area contributed by atoms with Crippen molar-refractivity contribution < 1.29 is 4.74 Å². The second-order valence-electron chi connectivity index (χ2n) is 4.57. The first-order valence-corrected chi connectivity index (χ1v) is 4.07. The van der Waals surface area contributed by atoms with Crippen LogP contribution < -0.4 is 5.32 Å². The SMILES string of the molecule is COC(C)(C)CNC(C)(C)C. The lowest BCUT2D eigenvalue weighted by molar-refractivity contribution is 0.0185. The van der Waals surface area contributed by atoms with E-state index in [-0.39, 0.29) is 11.1 Å². The topological polar surface area (TPSA) is 21.3 Å². The minimum Gasteiger partial charge on any atom is -0.377 e. The third kappa shape index (κ3) is 6.32. The minimum absolute atomic E-state index is 0.0622. The van der Waals surface area contributed by atoms with Crippen molar-refractivity contribution in [1.82, 2.24) is 5.32 Å². The Morgan fingerprint density at radius 3 is 1.82 bits per heavy atom. The summed E-state index contributed by atoms with van der Waals surface area (Å²) >= 11 is 0. The molecule has 0 aliphatic carbocycles. The maximum Gasteiger partial charge on any atom is 0.0746 e. The van der Waals surface area contributed by atoms with Gasteiger partial charge in [0.05, 0.1) is 5.60 Å². The molecule has 0 radical (unpaired) electrons. The van der Waals surface area contributed by atoms with Crippen molar-refractivity contribution in [2.75, 3.05) is 13.7 Å². The molecule has 2 nitrogen and oxygen atoms in total. The highest BCUT2D eigenvalue weighted by Crippen LogP contribution is 2.08. The first kappa shape index (κ1) is 10.9.